The summed E-state index contributed by atoms with van der Waals surface area (Å²) in [6, 6.07) is 5.80. The maximum absolute atomic E-state index is 13.1. The molecule has 0 aromatic heterocycles. The summed E-state index contributed by atoms with van der Waals surface area (Å²) < 4.78 is 13.9. The van der Waals surface area contributed by atoms with Crippen molar-refractivity contribution in [3.05, 3.63) is 34.1 Å². The van der Waals surface area contributed by atoms with Crippen LogP contribution in [0.1, 0.15) is 51.1 Å². The van der Waals surface area contributed by atoms with Crippen LogP contribution in [0, 0.1) is 11.7 Å². The van der Waals surface area contributed by atoms with E-state index in [1.807, 2.05) is 6.07 Å². The molecule has 18 heavy (non-hydrogen) atoms. The highest BCUT2D eigenvalue weighted by molar-refractivity contribution is 9.10. The Morgan fingerprint density at radius 2 is 1.94 bits per heavy atom. The van der Waals surface area contributed by atoms with Crippen molar-refractivity contribution in [1.82, 2.24) is 5.32 Å². The first-order valence-corrected chi connectivity index (χ1v) is 7.56. The molecule has 3 heteroatoms. The minimum absolute atomic E-state index is 0.190. The van der Waals surface area contributed by atoms with Crippen molar-refractivity contribution in [3.63, 3.8) is 0 Å². The Bertz CT molecular complexity index is 399. The highest BCUT2D eigenvalue weighted by Crippen LogP contribution is 2.28. The van der Waals surface area contributed by atoms with Gasteiger partial charge in [-0.15, -0.1) is 0 Å². The Morgan fingerprint density at radius 1 is 1.28 bits per heavy atom. The highest BCUT2D eigenvalue weighted by atomic mass is 79.9. The lowest BCUT2D eigenvalue weighted by atomic mass is 9.87. The van der Waals surface area contributed by atoms with Gasteiger partial charge in [0.2, 0.25) is 0 Å². The van der Waals surface area contributed by atoms with E-state index in [0.717, 1.165) is 16.0 Å². The van der Waals surface area contributed by atoms with Crippen LogP contribution in [-0.2, 0) is 0 Å². The van der Waals surface area contributed by atoms with Gasteiger partial charge in [-0.1, -0.05) is 28.9 Å². The molecule has 1 aliphatic rings. The molecule has 2 rings (SSSR count). The van der Waals surface area contributed by atoms with Crippen LogP contribution in [-0.4, -0.2) is 6.04 Å². The van der Waals surface area contributed by atoms with E-state index in [1.54, 1.807) is 0 Å². The fourth-order valence-corrected chi connectivity index (χ4v) is 3.42. The van der Waals surface area contributed by atoms with Crippen molar-refractivity contribution >= 4 is 15.9 Å². The summed E-state index contributed by atoms with van der Waals surface area (Å²) in [6.45, 7) is 4.48. The molecule has 1 atom stereocenters. The molecule has 1 nitrogen and oxygen atoms in total. The second kappa shape index (κ2) is 6.16. The van der Waals surface area contributed by atoms with Gasteiger partial charge in [0.15, 0.2) is 0 Å². The molecule has 1 aliphatic carbocycles. The van der Waals surface area contributed by atoms with Gasteiger partial charge in [-0.05, 0) is 56.2 Å². The molecule has 1 aromatic carbocycles. The van der Waals surface area contributed by atoms with Crippen LogP contribution in [0.2, 0.25) is 0 Å². The molecule has 1 fully saturated rings. The molecule has 1 saturated carbocycles. The Kier molecular flexibility index (Phi) is 4.79. The molecule has 100 valence electrons. The van der Waals surface area contributed by atoms with E-state index in [1.165, 1.54) is 37.8 Å². The smallest absolute Gasteiger partial charge is 0.124 e. The molecule has 0 heterocycles. The Balaban J connectivity index is 1.97. The first-order chi connectivity index (χ1) is 8.56. The second-order valence-corrected chi connectivity index (χ2v) is 6.37. The van der Waals surface area contributed by atoms with Crippen LogP contribution in [0.4, 0.5) is 4.39 Å². The standard InChI is InChI=1S/C15H21BrFN/c1-10-3-6-13(7-4-10)18-11(2)14-8-5-12(17)9-15(14)16/h5,8-11,13,18H,3-4,6-7H2,1-2H3. The van der Waals surface area contributed by atoms with E-state index in [2.05, 4.69) is 35.1 Å². The van der Waals surface area contributed by atoms with E-state index in [0.29, 0.717) is 6.04 Å². The summed E-state index contributed by atoms with van der Waals surface area (Å²) in [5.41, 5.74) is 1.13. The van der Waals surface area contributed by atoms with Crippen molar-refractivity contribution in [1.29, 1.82) is 0 Å². The fraction of sp³-hybridized carbons (Fsp3) is 0.600. The van der Waals surface area contributed by atoms with Crippen LogP contribution in [0.15, 0.2) is 22.7 Å². The zero-order valence-electron chi connectivity index (χ0n) is 11.0. The summed E-state index contributed by atoms with van der Waals surface area (Å²) >= 11 is 3.44. The van der Waals surface area contributed by atoms with Gasteiger partial charge in [0, 0.05) is 16.6 Å². The summed E-state index contributed by atoms with van der Waals surface area (Å²) in [7, 11) is 0. The third-order valence-electron chi connectivity index (χ3n) is 3.93. The minimum Gasteiger partial charge on any atom is -0.307 e. The molecule has 1 aromatic rings. The van der Waals surface area contributed by atoms with Crippen LogP contribution in [0.3, 0.4) is 0 Å². The van der Waals surface area contributed by atoms with Gasteiger partial charge in [-0.3, -0.25) is 0 Å². The Hall–Kier alpha value is -0.410. The van der Waals surface area contributed by atoms with E-state index in [4.69, 9.17) is 0 Å². The molecular weight excluding hydrogens is 293 g/mol. The third kappa shape index (κ3) is 3.55. The SMILES string of the molecule is CC1CCC(NC(C)c2ccc(F)cc2Br)CC1. The number of rotatable bonds is 3. The van der Waals surface area contributed by atoms with Crippen molar-refractivity contribution < 1.29 is 4.39 Å². The molecular formula is C15H21BrFN. The topological polar surface area (TPSA) is 12.0 Å². The normalized spacial score (nSPS) is 26.0. The van der Waals surface area contributed by atoms with Crippen LogP contribution in [0.5, 0.6) is 0 Å². The van der Waals surface area contributed by atoms with Gasteiger partial charge in [0.05, 0.1) is 0 Å². The Labute approximate surface area is 117 Å². The van der Waals surface area contributed by atoms with E-state index >= 15 is 0 Å². The summed E-state index contributed by atoms with van der Waals surface area (Å²) in [6.07, 6.45) is 5.14. The fourth-order valence-electron chi connectivity index (χ4n) is 2.72. The highest BCUT2D eigenvalue weighted by Gasteiger charge is 2.20. The number of benzene rings is 1. The van der Waals surface area contributed by atoms with Crippen molar-refractivity contribution in [2.45, 2.75) is 51.6 Å². The van der Waals surface area contributed by atoms with Crippen molar-refractivity contribution in [3.8, 4) is 0 Å². The van der Waals surface area contributed by atoms with Gasteiger partial charge in [0.25, 0.3) is 0 Å². The first-order valence-electron chi connectivity index (χ1n) is 6.77. The summed E-state index contributed by atoms with van der Waals surface area (Å²) in [5, 5.41) is 3.66. The molecule has 0 spiro atoms. The lowest BCUT2D eigenvalue weighted by Crippen LogP contribution is -2.34. The average Bonchev–Trinajstić information content (AvgIpc) is 2.32. The predicted molar refractivity (Wildman–Crippen MR) is 77.1 cm³/mol. The monoisotopic (exact) mass is 313 g/mol. The largest absolute Gasteiger partial charge is 0.307 e. The molecule has 0 amide bonds. The zero-order valence-corrected chi connectivity index (χ0v) is 12.6. The van der Waals surface area contributed by atoms with Crippen LogP contribution in [0.25, 0.3) is 0 Å². The van der Waals surface area contributed by atoms with E-state index in [9.17, 15) is 4.39 Å². The zero-order chi connectivity index (χ0) is 13.1. The van der Waals surface area contributed by atoms with Gasteiger partial charge >= 0.3 is 0 Å². The molecule has 1 N–H and O–H groups in total. The first kappa shape index (κ1) is 14.0. The molecule has 0 bridgehead atoms. The van der Waals surface area contributed by atoms with E-state index < -0.39 is 0 Å². The Morgan fingerprint density at radius 3 is 2.56 bits per heavy atom. The number of halogens is 2. The lowest BCUT2D eigenvalue weighted by molar-refractivity contribution is 0.291. The second-order valence-electron chi connectivity index (χ2n) is 5.51. The average molecular weight is 314 g/mol. The molecule has 1 unspecified atom stereocenters. The van der Waals surface area contributed by atoms with E-state index in [-0.39, 0.29) is 11.9 Å². The molecule has 0 aliphatic heterocycles. The third-order valence-corrected chi connectivity index (χ3v) is 4.62. The molecule has 0 radical (unpaired) electrons. The number of hydrogen-bond donors (Lipinski definition) is 1. The quantitative estimate of drug-likeness (QED) is 0.843. The van der Waals surface area contributed by atoms with Crippen molar-refractivity contribution in [2.75, 3.05) is 0 Å². The van der Waals surface area contributed by atoms with Gasteiger partial charge in [-0.2, -0.15) is 0 Å². The lowest BCUT2D eigenvalue weighted by Gasteiger charge is -2.30. The summed E-state index contributed by atoms with van der Waals surface area (Å²) in [5.74, 6) is 0.681. The van der Waals surface area contributed by atoms with Crippen LogP contribution < -0.4 is 5.32 Å². The maximum Gasteiger partial charge on any atom is 0.124 e. The molecule has 0 saturated heterocycles. The number of nitrogens with one attached hydrogen (secondary N) is 1. The summed E-state index contributed by atoms with van der Waals surface area (Å²) in [4.78, 5) is 0. The maximum atomic E-state index is 13.1. The van der Waals surface area contributed by atoms with Crippen LogP contribution >= 0.6 is 15.9 Å². The van der Waals surface area contributed by atoms with Crippen molar-refractivity contribution in [2.24, 2.45) is 5.92 Å². The van der Waals surface area contributed by atoms with Gasteiger partial charge in [-0.25, -0.2) is 4.39 Å². The van der Waals surface area contributed by atoms with Gasteiger partial charge in [0.1, 0.15) is 5.82 Å². The predicted octanol–water partition coefficient (Wildman–Crippen LogP) is 4.82. The minimum atomic E-state index is -0.190. The number of hydrogen-bond acceptors (Lipinski definition) is 1. The van der Waals surface area contributed by atoms with Gasteiger partial charge < -0.3 is 5.32 Å².